The molecule has 0 saturated heterocycles. The summed E-state index contributed by atoms with van der Waals surface area (Å²) in [4.78, 5) is 0.410. The Morgan fingerprint density at radius 2 is 2.14 bits per heavy atom. The third kappa shape index (κ3) is 2.46. The van der Waals surface area contributed by atoms with Crippen LogP contribution in [-0.2, 0) is 16.4 Å². The van der Waals surface area contributed by atoms with E-state index in [9.17, 15) is 8.42 Å². The van der Waals surface area contributed by atoms with E-state index in [1.807, 2.05) is 12.1 Å². The van der Waals surface area contributed by atoms with E-state index < -0.39 is 10.0 Å². The highest BCUT2D eigenvalue weighted by Gasteiger charge is 2.39. The second-order valence-corrected chi connectivity index (χ2v) is 8.55. The van der Waals surface area contributed by atoms with Crippen molar-refractivity contribution in [3.05, 3.63) is 23.8 Å². The van der Waals surface area contributed by atoms with Gasteiger partial charge in [-0.15, -0.1) is 0 Å². The van der Waals surface area contributed by atoms with Gasteiger partial charge in [-0.05, 0) is 67.2 Å². The molecule has 0 amide bonds. The molecule has 0 aromatic heterocycles. The summed E-state index contributed by atoms with van der Waals surface area (Å²) >= 11 is 0. The minimum atomic E-state index is -3.36. The summed E-state index contributed by atoms with van der Waals surface area (Å²) < 4.78 is 27.8. The minimum absolute atomic E-state index is 0.410. The number of nitrogens with one attached hydrogen (secondary N) is 2. The highest BCUT2D eigenvalue weighted by Crippen LogP contribution is 2.48. The predicted molar refractivity (Wildman–Crippen MR) is 82.8 cm³/mol. The van der Waals surface area contributed by atoms with Gasteiger partial charge >= 0.3 is 0 Å². The molecular weight excluding hydrogens is 284 g/mol. The van der Waals surface area contributed by atoms with E-state index in [0.717, 1.165) is 36.1 Å². The fourth-order valence-electron chi connectivity index (χ4n) is 4.37. The van der Waals surface area contributed by atoms with Gasteiger partial charge in [0, 0.05) is 18.8 Å². The number of sulfonamides is 1. The molecule has 21 heavy (non-hydrogen) atoms. The fraction of sp³-hybridized carbons (Fsp3) is 0.625. The van der Waals surface area contributed by atoms with E-state index in [2.05, 4.69) is 10.0 Å². The Kier molecular flexibility index (Phi) is 3.23. The number of hydrogen-bond donors (Lipinski definition) is 2. The second kappa shape index (κ2) is 4.99. The molecule has 4 nitrogen and oxygen atoms in total. The van der Waals surface area contributed by atoms with Crippen LogP contribution in [0.4, 0.5) is 5.69 Å². The van der Waals surface area contributed by atoms with Gasteiger partial charge in [-0.1, -0.05) is 6.42 Å². The Hall–Kier alpha value is -1.07. The van der Waals surface area contributed by atoms with Gasteiger partial charge < -0.3 is 5.32 Å². The monoisotopic (exact) mass is 306 g/mol. The van der Waals surface area contributed by atoms with Gasteiger partial charge in [-0.3, -0.25) is 0 Å². The molecule has 1 aromatic carbocycles. The number of hydrogen-bond acceptors (Lipinski definition) is 3. The minimum Gasteiger partial charge on any atom is -0.384 e. The lowest BCUT2D eigenvalue weighted by Gasteiger charge is -2.21. The summed E-state index contributed by atoms with van der Waals surface area (Å²) in [5, 5.41) is 3.26. The lowest BCUT2D eigenvalue weighted by molar-refractivity contribution is 0.333. The maximum atomic E-state index is 12.5. The van der Waals surface area contributed by atoms with Gasteiger partial charge in [-0.25, -0.2) is 13.1 Å². The highest BCUT2D eigenvalue weighted by molar-refractivity contribution is 7.89. The Labute approximate surface area is 126 Å². The van der Waals surface area contributed by atoms with E-state index in [4.69, 9.17) is 0 Å². The Morgan fingerprint density at radius 3 is 2.90 bits per heavy atom. The highest BCUT2D eigenvalue weighted by atomic mass is 32.2. The van der Waals surface area contributed by atoms with E-state index >= 15 is 0 Å². The lowest BCUT2D eigenvalue weighted by Crippen LogP contribution is -2.31. The quantitative estimate of drug-likeness (QED) is 0.898. The van der Waals surface area contributed by atoms with Crippen LogP contribution in [0.3, 0.4) is 0 Å². The zero-order chi connectivity index (χ0) is 14.4. The Balaban J connectivity index is 1.46. The molecule has 4 rings (SSSR count). The molecule has 0 spiro atoms. The summed E-state index contributed by atoms with van der Waals surface area (Å²) in [6, 6.07) is 5.41. The Bertz CT molecular complexity index is 656. The smallest absolute Gasteiger partial charge is 0.240 e. The zero-order valence-electron chi connectivity index (χ0n) is 12.1. The summed E-state index contributed by atoms with van der Waals surface area (Å²) in [7, 11) is -3.36. The molecular formula is C16H22N2O2S. The predicted octanol–water partition coefficient (Wildman–Crippen LogP) is 2.37. The topological polar surface area (TPSA) is 58.2 Å². The van der Waals surface area contributed by atoms with E-state index in [1.165, 1.54) is 25.7 Å². The molecule has 1 heterocycles. The van der Waals surface area contributed by atoms with Crippen LogP contribution in [0.2, 0.25) is 0 Å². The summed E-state index contributed by atoms with van der Waals surface area (Å²) in [6.45, 7) is 1.51. The first kappa shape index (κ1) is 13.6. The molecule has 1 aromatic rings. The van der Waals surface area contributed by atoms with Gasteiger partial charge in [-0.2, -0.15) is 0 Å². The van der Waals surface area contributed by atoms with Crippen molar-refractivity contribution in [2.24, 2.45) is 17.8 Å². The molecule has 3 atom stereocenters. The largest absolute Gasteiger partial charge is 0.384 e. The molecule has 2 fully saturated rings. The van der Waals surface area contributed by atoms with Gasteiger partial charge in [0.15, 0.2) is 0 Å². The van der Waals surface area contributed by atoms with Crippen molar-refractivity contribution in [1.82, 2.24) is 4.72 Å². The maximum absolute atomic E-state index is 12.5. The van der Waals surface area contributed by atoms with Gasteiger partial charge in [0.05, 0.1) is 4.90 Å². The molecule has 2 N–H and O–H groups in total. The summed E-state index contributed by atoms with van der Waals surface area (Å²) in [6.07, 6.45) is 6.08. The molecule has 114 valence electrons. The lowest BCUT2D eigenvalue weighted by atomic mass is 9.89. The molecule has 3 aliphatic rings. The van der Waals surface area contributed by atoms with Crippen LogP contribution in [-0.4, -0.2) is 21.5 Å². The fourth-order valence-corrected chi connectivity index (χ4v) is 5.52. The van der Waals surface area contributed by atoms with Gasteiger partial charge in [0.25, 0.3) is 0 Å². The SMILES string of the molecule is O=S(=O)(NCC1CC2CCC1C2)c1ccc2c(c1)CCN2. The van der Waals surface area contributed by atoms with Crippen molar-refractivity contribution in [3.63, 3.8) is 0 Å². The van der Waals surface area contributed by atoms with Crippen LogP contribution in [0, 0.1) is 17.8 Å². The molecule has 0 radical (unpaired) electrons. The number of benzene rings is 1. The molecule has 3 unspecified atom stereocenters. The second-order valence-electron chi connectivity index (χ2n) is 6.78. The summed E-state index contributed by atoms with van der Waals surface area (Å²) in [5.41, 5.74) is 2.18. The zero-order valence-corrected chi connectivity index (χ0v) is 13.0. The number of anilines is 1. The molecule has 2 bridgehead atoms. The van der Waals surface area contributed by atoms with Gasteiger partial charge in [0.2, 0.25) is 10.0 Å². The van der Waals surface area contributed by atoms with Crippen molar-refractivity contribution in [2.45, 2.75) is 37.0 Å². The van der Waals surface area contributed by atoms with Crippen molar-refractivity contribution in [1.29, 1.82) is 0 Å². The third-order valence-corrected chi connectivity index (χ3v) is 6.94. The van der Waals surface area contributed by atoms with Crippen LogP contribution in [0.1, 0.15) is 31.2 Å². The first-order chi connectivity index (χ1) is 10.1. The van der Waals surface area contributed by atoms with E-state index in [0.29, 0.717) is 17.4 Å². The van der Waals surface area contributed by atoms with Crippen molar-refractivity contribution in [2.75, 3.05) is 18.4 Å². The van der Waals surface area contributed by atoms with E-state index in [-0.39, 0.29) is 0 Å². The van der Waals surface area contributed by atoms with Crippen LogP contribution in [0.25, 0.3) is 0 Å². The van der Waals surface area contributed by atoms with E-state index in [1.54, 1.807) is 6.07 Å². The normalized spacial score (nSPS) is 30.4. The average Bonchev–Trinajstić information content (AvgIpc) is 3.19. The maximum Gasteiger partial charge on any atom is 0.240 e. The van der Waals surface area contributed by atoms with Crippen LogP contribution >= 0.6 is 0 Å². The first-order valence-corrected chi connectivity index (χ1v) is 9.46. The van der Waals surface area contributed by atoms with Crippen molar-refractivity contribution in [3.8, 4) is 0 Å². The third-order valence-electron chi connectivity index (χ3n) is 5.52. The molecule has 2 saturated carbocycles. The van der Waals surface area contributed by atoms with Crippen molar-refractivity contribution < 1.29 is 8.42 Å². The van der Waals surface area contributed by atoms with Gasteiger partial charge in [0.1, 0.15) is 0 Å². The summed E-state index contributed by atoms with van der Waals surface area (Å²) in [5.74, 6) is 2.16. The van der Waals surface area contributed by atoms with Crippen LogP contribution in [0.5, 0.6) is 0 Å². The molecule has 2 aliphatic carbocycles. The molecule has 1 aliphatic heterocycles. The Morgan fingerprint density at radius 1 is 1.24 bits per heavy atom. The molecule has 5 heteroatoms. The van der Waals surface area contributed by atoms with Crippen LogP contribution in [0.15, 0.2) is 23.1 Å². The number of fused-ring (bicyclic) bond motifs is 3. The van der Waals surface area contributed by atoms with Crippen LogP contribution < -0.4 is 10.0 Å². The first-order valence-electron chi connectivity index (χ1n) is 7.98. The van der Waals surface area contributed by atoms with Crippen molar-refractivity contribution >= 4 is 15.7 Å². The average molecular weight is 306 g/mol. The number of rotatable bonds is 4. The standard InChI is InChI=1S/C16H22N2O2S/c19-21(20,15-3-4-16-13(9-15)5-6-17-16)18-10-14-8-11-1-2-12(14)7-11/h3-4,9,11-12,14,17-18H,1-2,5-8,10H2.